The molecule has 1 heterocycles. The van der Waals surface area contributed by atoms with E-state index in [-0.39, 0.29) is 23.8 Å². The number of carbonyl (C=O) groups excluding carboxylic acids is 1. The Kier molecular flexibility index (Phi) is 10.3. The molecule has 5 aromatic rings. The number of carbonyl (C=O) groups is 1. The van der Waals surface area contributed by atoms with Gasteiger partial charge >= 0.3 is 0 Å². The Morgan fingerprint density at radius 1 is 1.04 bits per heavy atom. The third kappa shape index (κ3) is 7.21. The zero-order valence-corrected chi connectivity index (χ0v) is 28.8. The summed E-state index contributed by atoms with van der Waals surface area (Å²) in [5.41, 5.74) is 3.64. The van der Waals surface area contributed by atoms with Crippen molar-refractivity contribution in [1.82, 2.24) is 9.66 Å². The molecule has 0 radical (unpaired) electrons. The molecule has 0 aliphatic rings. The van der Waals surface area contributed by atoms with Gasteiger partial charge in [-0.05, 0) is 117 Å². The van der Waals surface area contributed by atoms with Crippen molar-refractivity contribution < 1.29 is 18.7 Å². The van der Waals surface area contributed by atoms with E-state index in [4.69, 9.17) is 14.5 Å². The molecule has 8 nitrogen and oxygen atoms in total. The van der Waals surface area contributed by atoms with Crippen LogP contribution in [0.1, 0.15) is 43.4 Å². The summed E-state index contributed by atoms with van der Waals surface area (Å²) < 4.78 is 27.9. The smallest absolute Gasteiger partial charge is 0.282 e. The minimum absolute atomic E-state index is 0.0689. The highest BCUT2D eigenvalue weighted by atomic mass is 79.9. The number of nitrogens with zero attached hydrogens (tertiary/aromatic N) is 3. The first kappa shape index (κ1) is 33.0. The Balaban J connectivity index is 1.49. The van der Waals surface area contributed by atoms with Gasteiger partial charge in [-0.25, -0.2) is 9.37 Å². The maximum absolute atomic E-state index is 13.9. The predicted molar refractivity (Wildman–Crippen MR) is 187 cm³/mol. The fourth-order valence-electron chi connectivity index (χ4n) is 4.88. The van der Waals surface area contributed by atoms with Crippen LogP contribution in [0.3, 0.4) is 0 Å². The minimum Gasteiger partial charge on any atom is -0.494 e. The van der Waals surface area contributed by atoms with Gasteiger partial charge in [-0.3, -0.25) is 9.59 Å². The normalized spacial score (nSPS) is 11.4. The van der Waals surface area contributed by atoms with Crippen molar-refractivity contribution in [1.29, 1.82) is 0 Å². The highest BCUT2D eigenvalue weighted by Crippen LogP contribution is 2.36. The van der Waals surface area contributed by atoms with Gasteiger partial charge in [0.1, 0.15) is 17.3 Å². The average Bonchev–Trinajstić information content (AvgIpc) is 3.01. The number of amides is 1. The zero-order valence-electron chi connectivity index (χ0n) is 25.6. The summed E-state index contributed by atoms with van der Waals surface area (Å²) in [6.45, 7) is 8.28. The van der Waals surface area contributed by atoms with E-state index < -0.39 is 11.7 Å². The van der Waals surface area contributed by atoms with Crippen LogP contribution in [0.15, 0.2) is 91.6 Å². The Labute approximate surface area is 282 Å². The molecule has 0 aliphatic carbocycles. The summed E-state index contributed by atoms with van der Waals surface area (Å²) in [6.07, 6.45) is 1.55. The van der Waals surface area contributed by atoms with Crippen molar-refractivity contribution in [3.63, 3.8) is 0 Å². The standard InChI is InChI=1S/C35H31Br2FN4O4/c1-5-45-31-14-21(4)25(17-24(31)20(2)3)34-41-29-12-8-6-10-23(29)35(44)42(34)39-18-22-15-26(36)33(27(37)16-22)46-19-32(43)40-30-13-9-7-11-28(30)38/h6-18,20H,5,19H2,1-4H3,(H,40,43). The second-order valence-electron chi connectivity index (χ2n) is 10.7. The van der Waals surface area contributed by atoms with Gasteiger partial charge in [-0.2, -0.15) is 9.78 Å². The number of rotatable bonds is 10. The quantitative estimate of drug-likeness (QED) is 0.145. The van der Waals surface area contributed by atoms with E-state index in [9.17, 15) is 14.0 Å². The predicted octanol–water partition coefficient (Wildman–Crippen LogP) is 8.46. The number of benzene rings is 4. The maximum Gasteiger partial charge on any atom is 0.282 e. The number of fused-ring (bicyclic) bond motifs is 1. The van der Waals surface area contributed by atoms with Crippen LogP contribution in [0.4, 0.5) is 10.1 Å². The molecule has 1 amide bonds. The van der Waals surface area contributed by atoms with Crippen LogP contribution in [0, 0.1) is 12.7 Å². The van der Waals surface area contributed by atoms with Crippen molar-refractivity contribution in [2.75, 3.05) is 18.5 Å². The molecule has 46 heavy (non-hydrogen) atoms. The van der Waals surface area contributed by atoms with E-state index in [1.54, 1.807) is 36.5 Å². The number of halogens is 3. The molecule has 5 rings (SSSR count). The van der Waals surface area contributed by atoms with Crippen LogP contribution in [0.5, 0.6) is 11.5 Å². The number of hydrogen-bond acceptors (Lipinski definition) is 6. The lowest BCUT2D eigenvalue weighted by atomic mass is 9.96. The van der Waals surface area contributed by atoms with Crippen molar-refractivity contribution >= 4 is 60.6 Å². The Morgan fingerprint density at radius 3 is 2.43 bits per heavy atom. The van der Waals surface area contributed by atoms with E-state index in [0.29, 0.717) is 43.6 Å². The molecule has 1 aromatic heterocycles. The van der Waals surface area contributed by atoms with E-state index in [1.807, 2.05) is 38.1 Å². The largest absolute Gasteiger partial charge is 0.494 e. The monoisotopic (exact) mass is 748 g/mol. The van der Waals surface area contributed by atoms with Crippen LogP contribution in [0.2, 0.25) is 0 Å². The van der Waals surface area contributed by atoms with Crippen molar-refractivity contribution in [3.8, 4) is 22.9 Å². The van der Waals surface area contributed by atoms with E-state index in [0.717, 1.165) is 22.4 Å². The number of anilines is 1. The van der Waals surface area contributed by atoms with Gasteiger partial charge < -0.3 is 14.8 Å². The van der Waals surface area contributed by atoms with Gasteiger partial charge in [-0.1, -0.05) is 38.1 Å². The van der Waals surface area contributed by atoms with Crippen molar-refractivity contribution in [3.05, 3.63) is 115 Å². The SMILES string of the molecule is CCOc1cc(C)c(-c2nc3ccccc3c(=O)n2N=Cc2cc(Br)c(OCC(=O)Nc3ccccc3F)c(Br)c2)cc1C(C)C. The van der Waals surface area contributed by atoms with Gasteiger partial charge in [0.25, 0.3) is 11.5 Å². The summed E-state index contributed by atoms with van der Waals surface area (Å²) in [7, 11) is 0. The maximum atomic E-state index is 13.9. The summed E-state index contributed by atoms with van der Waals surface area (Å²) in [5, 5.41) is 7.55. The van der Waals surface area contributed by atoms with Crippen LogP contribution in [-0.2, 0) is 4.79 Å². The fraction of sp³-hybridized carbons (Fsp3) is 0.200. The van der Waals surface area contributed by atoms with E-state index >= 15 is 0 Å². The summed E-state index contributed by atoms with van der Waals surface area (Å²) in [6, 6.07) is 20.6. The van der Waals surface area contributed by atoms with E-state index in [1.165, 1.54) is 22.9 Å². The zero-order chi connectivity index (χ0) is 33.0. The Bertz CT molecular complexity index is 2000. The molecule has 0 saturated heterocycles. The molecule has 11 heteroatoms. The topological polar surface area (TPSA) is 94.8 Å². The van der Waals surface area contributed by atoms with Gasteiger partial charge in [0.2, 0.25) is 0 Å². The van der Waals surface area contributed by atoms with Gasteiger partial charge in [0.05, 0.1) is 38.4 Å². The van der Waals surface area contributed by atoms with Crippen LogP contribution >= 0.6 is 31.9 Å². The second-order valence-corrected chi connectivity index (χ2v) is 12.4. The van der Waals surface area contributed by atoms with Crippen molar-refractivity contribution in [2.24, 2.45) is 5.10 Å². The molecule has 0 unspecified atom stereocenters. The van der Waals surface area contributed by atoms with Gasteiger partial charge in [0.15, 0.2) is 12.4 Å². The second kappa shape index (κ2) is 14.4. The Morgan fingerprint density at radius 2 is 1.74 bits per heavy atom. The lowest BCUT2D eigenvalue weighted by molar-refractivity contribution is -0.118. The average molecular weight is 750 g/mol. The number of para-hydroxylation sites is 2. The first-order valence-corrected chi connectivity index (χ1v) is 16.2. The van der Waals surface area contributed by atoms with Gasteiger partial charge in [-0.15, -0.1) is 0 Å². The first-order chi connectivity index (χ1) is 22.1. The van der Waals surface area contributed by atoms with Gasteiger partial charge in [0, 0.05) is 5.56 Å². The van der Waals surface area contributed by atoms with Crippen molar-refractivity contribution in [2.45, 2.75) is 33.6 Å². The minimum atomic E-state index is -0.538. The third-order valence-corrected chi connectivity index (χ3v) is 8.29. The van der Waals surface area contributed by atoms with Crippen LogP contribution < -0.4 is 20.3 Å². The lowest BCUT2D eigenvalue weighted by Crippen LogP contribution is -2.21. The number of hydrogen-bond donors (Lipinski definition) is 1. The highest BCUT2D eigenvalue weighted by molar-refractivity contribution is 9.11. The third-order valence-electron chi connectivity index (χ3n) is 7.11. The summed E-state index contributed by atoms with van der Waals surface area (Å²) in [4.78, 5) is 31.1. The number of aromatic nitrogens is 2. The first-order valence-electron chi connectivity index (χ1n) is 14.6. The molecule has 0 atom stereocenters. The summed E-state index contributed by atoms with van der Waals surface area (Å²) >= 11 is 7.00. The number of nitrogens with one attached hydrogen (secondary N) is 1. The molecule has 236 valence electrons. The number of ether oxygens (including phenoxy) is 2. The molecule has 0 aliphatic heterocycles. The molecule has 0 spiro atoms. The molecule has 4 aromatic carbocycles. The molecule has 1 N–H and O–H groups in total. The lowest BCUT2D eigenvalue weighted by Gasteiger charge is -2.18. The molecule has 0 saturated carbocycles. The van der Waals surface area contributed by atoms with Crippen LogP contribution in [0.25, 0.3) is 22.3 Å². The van der Waals surface area contributed by atoms with E-state index in [2.05, 4.69) is 56.1 Å². The van der Waals surface area contributed by atoms with Crippen LogP contribution in [-0.4, -0.2) is 35.0 Å². The molecule has 0 fully saturated rings. The highest BCUT2D eigenvalue weighted by Gasteiger charge is 2.19. The molecular formula is C35H31Br2FN4O4. The fourth-order valence-corrected chi connectivity index (χ4v) is 6.33. The molecule has 0 bridgehead atoms. The summed E-state index contributed by atoms with van der Waals surface area (Å²) in [5.74, 6) is 0.697. The molecular weight excluding hydrogens is 719 g/mol. The Hall–Kier alpha value is -4.35. The number of aryl methyl sites for hydroxylation is 1.